The molecule has 0 aliphatic carbocycles. The number of hydrogen-bond donors (Lipinski definition) is 0. The van der Waals surface area contributed by atoms with E-state index in [0.717, 1.165) is 11.1 Å². The van der Waals surface area contributed by atoms with Crippen LogP contribution in [0.5, 0.6) is 5.75 Å². The van der Waals surface area contributed by atoms with Crippen molar-refractivity contribution in [3.63, 3.8) is 0 Å². The van der Waals surface area contributed by atoms with Gasteiger partial charge < -0.3 is 19.3 Å². The van der Waals surface area contributed by atoms with Gasteiger partial charge >= 0.3 is 0 Å². The molecule has 3 aromatic rings. The van der Waals surface area contributed by atoms with E-state index < -0.39 is 10.0 Å². The molecule has 1 fully saturated rings. The zero-order valence-corrected chi connectivity index (χ0v) is 25.0. The molecule has 42 heavy (non-hydrogen) atoms. The number of methoxy groups -OCH3 is 1. The molecule has 9 nitrogen and oxygen atoms in total. The molecular weight excluding hydrogens is 554 g/mol. The molecule has 3 aromatic carbocycles. The number of para-hydroxylation sites is 1. The highest BCUT2D eigenvalue weighted by Gasteiger charge is 2.33. The van der Waals surface area contributed by atoms with Crippen molar-refractivity contribution in [3.8, 4) is 5.75 Å². The molecule has 0 unspecified atom stereocenters. The minimum absolute atomic E-state index is 0.0478. The zero-order chi connectivity index (χ0) is 30.0. The Labute approximate surface area is 248 Å². The molecule has 2 amide bonds. The van der Waals surface area contributed by atoms with E-state index in [1.807, 2.05) is 61.5 Å². The second kappa shape index (κ2) is 14.9. The molecule has 0 spiro atoms. The zero-order valence-electron chi connectivity index (χ0n) is 24.2. The molecule has 0 aromatic heterocycles. The van der Waals surface area contributed by atoms with Gasteiger partial charge in [0.05, 0.1) is 18.0 Å². The normalized spacial score (nSPS) is 14.1. The molecule has 1 aliphatic rings. The lowest BCUT2D eigenvalue weighted by Gasteiger charge is -2.39. The monoisotopic (exact) mass is 593 g/mol. The number of likely N-dealkylation sites (tertiary alicyclic amines) is 1. The van der Waals surface area contributed by atoms with Crippen LogP contribution in [0.2, 0.25) is 0 Å². The standard InChI is InChI=1S/C32H39N3O6S/c1-26-13-15-27(16-14-26)23-35(28-17-19-33(20-18-28)32(37)25-41-29-9-5-3-6-10-29)31(36)24-34(21-22-40-2)42(38,39)30-11-7-4-8-12-30/h3-16,28H,17-25H2,1-2H3. The maximum atomic E-state index is 13.9. The molecule has 1 aliphatic heterocycles. The molecule has 0 bridgehead atoms. The largest absolute Gasteiger partial charge is 0.484 e. The fourth-order valence-electron chi connectivity index (χ4n) is 4.95. The second-order valence-electron chi connectivity index (χ2n) is 10.4. The number of ether oxygens (including phenoxy) is 2. The lowest BCUT2D eigenvalue weighted by Crippen LogP contribution is -2.52. The van der Waals surface area contributed by atoms with E-state index in [0.29, 0.717) is 38.2 Å². The van der Waals surface area contributed by atoms with Gasteiger partial charge in [-0.1, -0.05) is 66.2 Å². The Morgan fingerprint density at radius 2 is 1.52 bits per heavy atom. The summed E-state index contributed by atoms with van der Waals surface area (Å²) < 4.78 is 39.0. The Kier molecular flexibility index (Phi) is 11.1. The Bertz CT molecular complexity index is 1390. The van der Waals surface area contributed by atoms with Crippen LogP contribution in [0.15, 0.2) is 89.8 Å². The van der Waals surface area contributed by atoms with E-state index in [1.54, 1.807) is 28.0 Å². The molecule has 0 radical (unpaired) electrons. The third-order valence-corrected chi connectivity index (χ3v) is 9.25. The highest BCUT2D eigenvalue weighted by Crippen LogP contribution is 2.22. The molecule has 1 saturated heterocycles. The predicted molar refractivity (Wildman–Crippen MR) is 160 cm³/mol. The summed E-state index contributed by atoms with van der Waals surface area (Å²) in [7, 11) is -2.42. The van der Waals surface area contributed by atoms with Crippen LogP contribution in [0.4, 0.5) is 0 Å². The summed E-state index contributed by atoms with van der Waals surface area (Å²) >= 11 is 0. The topological polar surface area (TPSA) is 96.5 Å². The number of nitrogens with zero attached hydrogens (tertiary/aromatic N) is 3. The van der Waals surface area contributed by atoms with Crippen LogP contribution in [-0.2, 0) is 30.9 Å². The minimum atomic E-state index is -3.92. The Hall–Kier alpha value is -3.73. The Morgan fingerprint density at radius 1 is 0.905 bits per heavy atom. The van der Waals surface area contributed by atoms with Crippen molar-refractivity contribution in [1.82, 2.24) is 14.1 Å². The number of piperidine rings is 1. The van der Waals surface area contributed by atoms with Crippen molar-refractivity contribution in [1.29, 1.82) is 0 Å². The smallest absolute Gasteiger partial charge is 0.260 e. The van der Waals surface area contributed by atoms with Crippen LogP contribution < -0.4 is 4.74 Å². The van der Waals surface area contributed by atoms with Crippen molar-refractivity contribution >= 4 is 21.8 Å². The van der Waals surface area contributed by atoms with Crippen LogP contribution in [0.25, 0.3) is 0 Å². The number of carbonyl (C=O) groups is 2. The van der Waals surface area contributed by atoms with E-state index in [1.165, 1.54) is 23.5 Å². The van der Waals surface area contributed by atoms with Crippen LogP contribution in [0.1, 0.15) is 24.0 Å². The van der Waals surface area contributed by atoms with Gasteiger partial charge in [-0.15, -0.1) is 0 Å². The summed E-state index contributed by atoms with van der Waals surface area (Å²) in [5.41, 5.74) is 2.07. The average Bonchev–Trinajstić information content (AvgIpc) is 3.02. The first-order chi connectivity index (χ1) is 20.3. The lowest BCUT2D eigenvalue weighted by molar-refractivity contribution is -0.138. The first-order valence-electron chi connectivity index (χ1n) is 14.1. The van der Waals surface area contributed by atoms with Crippen molar-refractivity contribution in [2.24, 2.45) is 0 Å². The number of aryl methyl sites for hydroxylation is 1. The molecule has 4 rings (SSSR count). The Balaban J connectivity index is 1.47. The summed E-state index contributed by atoms with van der Waals surface area (Å²) in [5.74, 6) is 0.246. The SMILES string of the molecule is COCCN(CC(=O)N(Cc1ccc(C)cc1)C1CCN(C(=O)COc2ccccc2)CC1)S(=O)(=O)c1ccccc1. The van der Waals surface area contributed by atoms with E-state index in [4.69, 9.17) is 9.47 Å². The summed E-state index contributed by atoms with van der Waals surface area (Å²) in [4.78, 5) is 30.4. The molecular formula is C32H39N3O6S. The van der Waals surface area contributed by atoms with Gasteiger partial charge in [0.2, 0.25) is 15.9 Å². The number of sulfonamides is 1. The summed E-state index contributed by atoms with van der Waals surface area (Å²) in [5, 5.41) is 0. The fourth-order valence-corrected chi connectivity index (χ4v) is 6.35. The number of hydrogen-bond acceptors (Lipinski definition) is 6. The molecule has 10 heteroatoms. The van der Waals surface area contributed by atoms with Crippen molar-refractivity contribution in [3.05, 3.63) is 96.1 Å². The van der Waals surface area contributed by atoms with Gasteiger partial charge in [-0.05, 0) is 49.6 Å². The number of carbonyl (C=O) groups excluding carboxylic acids is 2. The number of benzene rings is 3. The highest BCUT2D eigenvalue weighted by atomic mass is 32.2. The van der Waals surface area contributed by atoms with Gasteiger partial charge in [0, 0.05) is 39.3 Å². The van der Waals surface area contributed by atoms with Crippen molar-refractivity contribution in [2.45, 2.75) is 37.2 Å². The van der Waals surface area contributed by atoms with Crippen molar-refractivity contribution < 1.29 is 27.5 Å². The maximum Gasteiger partial charge on any atom is 0.260 e. The van der Waals surface area contributed by atoms with Gasteiger partial charge in [0.15, 0.2) is 6.61 Å². The van der Waals surface area contributed by atoms with Gasteiger partial charge in [0.25, 0.3) is 5.91 Å². The van der Waals surface area contributed by atoms with Crippen LogP contribution >= 0.6 is 0 Å². The fraction of sp³-hybridized carbons (Fsp3) is 0.375. The Morgan fingerprint density at radius 3 is 2.14 bits per heavy atom. The van der Waals surface area contributed by atoms with Crippen LogP contribution in [0.3, 0.4) is 0 Å². The van der Waals surface area contributed by atoms with Crippen LogP contribution in [0, 0.1) is 6.92 Å². The summed E-state index contributed by atoms with van der Waals surface area (Å²) in [6.45, 7) is 3.16. The van der Waals surface area contributed by atoms with Gasteiger partial charge in [-0.2, -0.15) is 4.31 Å². The molecule has 0 N–H and O–H groups in total. The molecule has 1 heterocycles. The van der Waals surface area contributed by atoms with Gasteiger partial charge in [-0.25, -0.2) is 8.42 Å². The van der Waals surface area contributed by atoms with E-state index in [2.05, 4.69) is 0 Å². The summed E-state index contributed by atoms with van der Waals surface area (Å²) in [6.07, 6.45) is 1.16. The van der Waals surface area contributed by atoms with E-state index in [-0.39, 0.29) is 49.1 Å². The molecule has 224 valence electrons. The second-order valence-corrected chi connectivity index (χ2v) is 12.3. The predicted octanol–water partition coefficient (Wildman–Crippen LogP) is 3.73. The number of amides is 2. The van der Waals surface area contributed by atoms with E-state index in [9.17, 15) is 18.0 Å². The number of rotatable bonds is 13. The van der Waals surface area contributed by atoms with Crippen molar-refractivity contribution in [2.75, 3.05) is 46.5 Å². The first-order valence-corrected chi connectivity index (χ1v) is 15.6. The first kappa shape index (κ1) is 31.2. The van der Waals surface area contributed by atoms with Gasteiger partial charge in [0.1, 0.15) is 5.75 Å². The third kappa shape index (κ3) is 8.40. The maximum absolute atomic E-state index is 13.9. The van der Waals surface area contributed by atoms with E-state index >= 15 is 0 Å². The van der Waals surface area contributed by atoms with Crippen LogP contribution in [-0.4, -0.2) is 86.9 Å². The quantitative estimate of drug-likeness (QED) is 0.300. The third-order valence-electron chi connectivity index (χ3n) is 7.39. The molecule has 0 saturated carbocycles. The molecule has 0 atom stereocenters. The summed E-state index contributed by atoms with van der Waals surface area (Å²) in [6, 6.07) is 25.1. The lowest BCUT2D eigenvalue weighted by atomic mass is 10.0. The van der Waals surface area contributed by atoms with Gasteiger partial charge in [-0.3, -0.25) is 9.59 Å². The minimum Gasteiger partial charge on any atom is -0.484 e. The highest BCUT2D eigenvalue weighted by molar-refractivity contribution is 7.89. The average molecular weight is 594 g/mol.